The Kier molecular flexibility index (Phi) is 11.2. The van der Waals surface area contributed by atoms with Crippen LogP contribution >= 0.6 is 0 Å². The van der Waals surface area contributed by atoms with Crippen molar-refractivity contribution in [2.24, 2.45) is 0 Å². The number of nitrogens with zero attached hydrogens (tertiary/aromatic N) is 4. The minimum absolute atomic E-state index is 0.00529. The third-order valence-electron chi connectivity index (χ3n) is 7.45. The first-order chi connectivity index (χ1) is 20.6. The largest absolute Gasteiger partial charge is 0.416 e. The summed E-state index contributed by atoms with van der Waals surface area (Å²) in [5, 5.41) is 0. The first-order valence-corrected chi connectivity index (χ1v) is 14.2. The van der Waals surface area contributed by atoms with E-state index in [9.17, 15) is 35.9 Å². The van der Waals surface area contributed by atoms with E-state index in [0.29, 0.717) is 28.8 Å². The van der Waals surface area contributed by atoms with Crippen molar-refractivity contribution in [3.05, 3.63) is 88.2 Å². The third kappa shape index (κ3) is 8.16. The van der Waals surface area contributed by atoms with E-state index in [-0.39, 0.29) is 36.0 Å². The van der Waals surface area contributed by atoms with E-state index in [4.69, 9.17) is 0 Å². The minimum Gasteiger partial charge on any atom is -0.339 e. The van der Waals surface area contributed by atoms with Crippen LogP contribution in [-0.4, -0.2) is 71.3 Å². The number of halogens is 6. The highest BCUT2D eigenvalue weighted by atomic mass is 19.4. The lowest BCUT2D eigenvalue weighted by Crippen LogP contribution is -2.43. The minimum atomic E-state index is -5.02. The third-order valence-corrected chi connectivity index (χ3v) is 7.45. The average Bonchev–Trinajstić information content (AvgIpc) is 2.98. The maximum Gasteiger partial charge on any atom is 0.416 e. The van der Waals surface area contributed by atoms with Crippen LogP contribution in [0.15, 0.2) is 54.7 Å². The van der Waals surface area contributed by atoms with Gasteiger partial charge >= 0.3 is 12.4 Å². The molecule has 0 bridgehead atoms. The molecule has 238 valence electrons. The van der Waals surface area contributed by atoms with Gasteiger partial charge in [0.1, 0.15) is 5.69 Å². The van der Waals surface area contributed by atoms with Crippen LogP contribution < -0.4 is 0 Å². The first kappa shape index (κ1) is 34.6. The standard InChI is InChI=1S/C26H21F6N3O2.C6H15N/c1-15-13-33-22-21(20(15)17-6-4-3-5-7-17)23(36)35(9-8-34(2)24(22)37)14-16-10-18(25(27,28)29)12-19(11-16)26(30,31)32;1-4-7(5-2)6-3/h3-7,10-13H,8-9,14H2,1-2H3;4-6H2,1-3H3. The molecule has 44 heavy (non-hydrogen) atoms. The molecule has 12 heteroatoms. The van der Waals surface area contributed by atoms with Gasteiger partial charge in [0.05, 0.1) is 16.7 Å². The highest BCUT2D eigenvalue weighted by molar-refractivity contribution is 6.11. The Balaban J connectivity index is 0.000000676. The predicted octanol–water partition coefficient (Wildman–Crippen LogP) is 7.17. The van der Waals surface area contributed by atoms with Crippen molar-refractivity contribution in [1.82, 2.24) is 19.7 Å². The van der Waals surface area contributed by atoms with Crippen molar-refractivity contribution in [3.63, 3.8) is 0 Å². The second-order valence-corrected chi connectivity index (χ2v) is 10.4. The molecule has 1 aliphatic rings. The number of aromatic nitrogens is 1. The fourth-order valence-electron chi connectivity index (χ4n) is 4.92. The van der Waals surface area contributed by atoms with E-state index in [1.165, 1.54) is 37.8 Å². The number of hydrogen-bond acceptors (Lipinski definition) is 4. The molecule has 1 aliphatic heterocycles. The number of carbonyl (C=O) groups excluding carboxylic acids is 2. The topological polar surface area (TPSA) is 56.8 Å². The van der Waals surface area contributed by atoms with Crippen LogP contribution in [0.4, 0.5) is 26.3 Å². The summed E-state index contributed by atoms with van der Waals surface area (Å²) in [6.07, 6.45) is -8.58. The highest BCUT2D eigenvalue weighted by Gasteiger charge is 2.38. The highest BCUT2D eigenvalue weighted by Crippen LogP contribution is 2.37. The van der Waals surface area contributed by atoms with Crippen LogP contribution in [0.3, 0.4) is 0 Å². The Labute approximate surface area is 253 Å². The molecule has 0 N–H and O–H groups in total. The summed E-state index contributed by atoms with van der Waals surface area (Å²) < 4.78 is 80.3. The zero-order valence-corrected chi connectivity index (χ0v) is 25.3. The second kappa shape index (κ2) is 14.2. The molecule has 2 heterocycles. The van der Waals surface area contributed by atoms with Crippen molar-refractivity contribution < 1.29 is 35.9 Å². The number of rotatable bonds is 6. The van der Waals surface area contributed by atoms with Crippen molar-refractivity contribution in [2.45, 2.75) is 46.6 Å². The fourth-order valence-corrected chi connectivity index (χ4v) is 4.92. The molecular weight excluding hydrogens is 586 g/mol. The van der Waals surface area contributed by atoms with E-state index < -0.39 is 41.8 Å². The van der Waals surface area contributed by atoms with Gasteiger partial charge in [-0.25, -0.2) is 4.98 Å². The van der Waals surface area contributed by atoms with Gasteiger partial charge in [-0.1, -0.05) is 51.1 Å². The lowest BCUT2D eigenvalue weighted by molar-refractivity contribution is -0.143. The molecule has 0 atom stereocenters. The molecule has 0 aliphatic carbocycles. The van der Waals surface area contributed by atoms with Gasteiger partial charge in [-0.05, 0) is 61.4 Å². The summed E-state index contributed by atoms with van der Waals surface area (Å²) in [6, 6.07) is 9.95. The molecule has 2 aromatic carbocycles. The molecule has 3 aromatic rings. The Morgan fingerprint density at radius 3 is 1.82 bits per heavy atom. The lowest BCUT2D eigenvalue weighted by Gasteiger charge is -2.31. The molecule has 4 rings (SSSR count). The van der Waals surface area contributed by atoms with Crippen molar-refractivity contribution in [3.8, 4) is 11.1 Å². The molecule has 0 radical (unpaired) electrons. The smallest absolute Gasteiger partial charge is 0.339 e. The van der Waals surface area contributed by atoms with Gasteiger partial charge in [0.15, 0.2) is 0 Å². The van der Waals surface area contributed by atoms with Crippen molar-refractivity contribution in [2.75, 3.05) is 39.8 Å². The number of amides is 2. The Hall–Kier alpha value is -3.93. The summed E-state index contributed by atoms with van der Waals surface area (Å²) in [5.41, 5.74) is -1.85. The van der Waals surface area contributed by atoms with Crippen LogP contribution in [0.2, 0.25) is 0 Å². The number of alkyl halides is 6. The Morgan fingerprint density at radius 2 is 1.34 bits per heavy atom. The van der Waals surface area contributed by atoms with Gasteiger partial charge in [0.2, 0.25) is 0 Å². The molecule has 1 aromatic heterocycles. The second-order valence-electron chi connectivity index (χ2n) is 10.4. The first-order valence-electron chi connectivity index (χ1n) is 14.2. The lowest BCUT2D eigenvalue weighted by atomic mass is 9.93. The predicted molar refractivity (Wildman–Crippen MR) is 156 cm³/mol. The summed E-state index contributed by atoms with van der Waals surface area (Å²) in [6.45, 7) is 11.2. The summed E-state index contributed by atoms with van der Waals surface area (Å²) >= 11 is 0. The molecule has 0 spiro atoms. The number of aryl methyl sites for hydroxylation is 1. The van der Waals surface area contributed by atoms with Gasteiger partial charge in [-0.2, -0.15) is 26.3 Å². The van der Waals surface area contributed by atoms with E-state index >= 15 is 0 Å². The summed E-state index contributed by atoms with van der Waals surface area (Å²) in [4.78, 5) is 35.9. The summed E-state index contributed by atoms with van der Waals surface area (Å²) in [5.74, 6) is -1.23. The van der Waals surface area contributed by atoms with E-state index in [2.05, 4.69) is 30.7 Å². The number of fused-ring (bicyclic) bond motifs is 1. The zero-order valence-electron chi connectivity index (χ0n) is 25.3. The number of carbonyl (C=O) groups is 2. The maximum absolute atomic E-state index is 13.8. The molecule has 2 amide bonds. The molecule has 0 saturated carbocycles. The van der Waals surface area contributed by atoms with Crippen LogP contribution in [0.25, 0.3) is 11.1 Å². The monoisotopic (exact) mass is 622 g/mol. The normalized spacial score (nSPS) is 14.2. The van der Waals surface area contributed by atoms with Crippen LogP contribution in [0.5, 0.6) is 0 Å². The van der Waals surface area contributed by atoms with Gasteiger partial charge in [-0.15, -0.1) is 0 Å². The molecule has 0 unspecified atom stereocenters. The molecule has 0 saturated heterocycles. The van der Waals surface area contributed by atoms with Gasteiger partial charge < -0.3 is 14.7 Å². The summed E-state index contributed by atoms with van der Waals surface area (Å²) in [7, 11) is 1.48. The van der Waals surface area contributed by atoms with Crippen molar-refractivity contribution >= 4 is 11.8 Å². The fraction of sp³-hybridized carbons (Fsp3) is 0.406. The van der Waals surface area contributed by atoms with Gasteiger partial charge in [0, 0.05) is 38.4 Å². The molecule has 6 nitrogen and oxygen atoms in total. The number of likely N-dealkylation sites (N-methyl/N-ethyl adjacent to an activating group) is 1. The number of pyridine rings is 1. The Morgan fingerprint density at radius 1 is 0.795 bits per heavy atom. The van der Waals surface area contributed by atoms with E-state index in [1.54, 1.807) is 37.3 Å². The quantitative estimate of drug-likeness (QED) is 0.274. The zero-order chi connectivity index (χ0) is 32.8. The van der Waals surface area contributed by atoms with Crippen LogP contribution in [0, 0.1) is 6.92 Å². The van der Waals surface area contributed by atoms with Gasteiger partial charge in [0.25, 0.3) is 11.8 Å². The van der Waals surface area contributed by atoms with E-state index in [1.807, 2.05) is 0 Å². The number of benzene rings is 2. The maximum atomic E-state index is 13.8. The number of hydrogen-bond donors (Lipinski definition) is 0. The molecule has 0 fully saturated rings. The van der Waals surface area contributed by atoms with Gasteiger partial charge in [-0.3, -0.25) is 9.59 Å². The van der Waals surface area contributed by atoms with Crippen LogP contribution in [-0.2, 0) is 18.9 Å². The SMILES string of the molecule is CCN(CC)CC.Cc1cnc2c(c1-c1ccccc1)C(=O)N(Cc1cc(C(F)(F)F)cc(C(F)(F)F)c1)CCN(C)C2=O. The van der Waals surface area contributed by atoms with Crippen LogP contribution in [0.1, 0.15) is 63.9 Å². The molecular formula is C32H36F6N4O2. The van der Waals surface area contributed by atoms with E-state index in [0.717, 1.165) is 4.90 Å². The average molecular weight is 623 g/mol. The van der Waals surface area contributed by atoms with Crippen molar-refractivity contribution in [1.29, 1.82) is 0 Å². The Bertz CT molecular complexity index is 1420.